The van der Waals surface area contributed by atoms with Crippen LogP contribution in [0.4, 0.5) is 4.39 Å². The highest BCUT2D eigenvalue weighted by molar-refractivity contribution is 6.17. The average Bonchev–Trinajstić information content (AvgIpc) is 1.35. The second-order valence-electron chi connectivity index (χ2n) is 0.819. The van der Waals surface area contributed by atoms with Gasteiger partial charge < -0.3 is 4.74 Å². The Balaban J connectivity index is 2.63. The first-order valence-corrected chi connectivity index (χ1v) is 2.12. The molecule has 0 heterocycles. The first-order valence-electron chi connectivity index (χ1n) is 1.59. The van der Waals surface area contributed by atoms with Crippen LogP contribution < -0.4 is 0 Å². The summed E-state index contributed by atoms with van der Waals surface area (Å²) in [6.45, 7) is 1.28. The maximum absolute atomic E-state index is 11.4. The molecule has 6 heavy (non-hydrogen) atoms. The highest BCUT2D eigenvalue weighted by Gasteiger charge is 1.90. The zero-order valence-electron chi connectivity index (χ0n) is 3.45. The predicted octanol–water partition coefficient (Wildman–Crippen LogP) is 1.51. The van der Waals surface area contributed by atoms with Crippen molar-refractivity contribution in [2.24, 2.45) is 0 Å². The molecular formula is C3H6ClFO. The Labute approximate surface area is 41.1 Å². The van der Waals surface area contributed by atoms with Gasteiger partial charge in [0.15, 0.2) is 6.36 Å². The molecule has 0 aromatic rings. The van der Waals surface area contributed by atoms with E-state index in [0.29, 0.717) is 0 Å². The molecule has 0 saturated heterocycles. The minimum atomic E-state index is -1.23. The number of halogens is 2. The fourth-order valence-corrected chi connectivity index (χ4v) is 0.260. The van der Waals surface area contributed by atoms with Crippen LogP contribution in [0.2, 0.25) is 0 Å². The maximum atomic E-state index is 11.4. The molecule has 0 radical (unpaired) electrons. The van der Waals surface area contributed by atoms with E-state index in [9.17, 15) is 4.39 Å². The van der Waals surface area contributed by atoms with Gasteiger partial charge in [0.2, 0.25) is 0 Å². The summed E-state index contributed by atoms with van der Waals surface area (Å²) in [4.78, 5) is 0. The lowest BCUT2D eigenvalue weighted by atomic mass is 10.8. The molecule has 1 atom stereocenters. The Morgan fingerprint density at radius 3 is 2.50 bits per heavy atom. The highest BCUT2D eigenvalue weighted by Crippen LogP contribution is 1.90. The van der Waals surface area contributed by atoms with Gasteiger partial charge in [0.1, 0.15) is 6.07 Å². The maximum Gasteiger partial charge on any atom is 0.197 e. The summed E-state index contributed by atoms with van der Waals surface area (Å²) in [5.74, 6) is 0. The van der Waals surface area contributed by atoms with Crippen molar-refractivity contribution in [3.63, 3.8) is 0 Å². The van der Waals surface area contributed by atoms with Crippen molar-refractivity contribution in [3.8, 4) is 0 Å². The summed E-state index contributed by atoms with van der Waals surface area (Å²) < 4.78 is 15.5. The van der Waals surface area contributed by atoms with Crippen LogP contribution in [0, 0.1) is 0 Å². The van der Waals surface area contributed by atoms with Crippen molar-refractivity contribution < 1.29 is 9.13 Å². The molecule has 0 aromatic heterocycles. The third-order valence-electron chi connectivity index (χ3n) is 0.293. The Kier molecular flexibility index (Phi) is 3.47. The first-order chi connectivity index (χ1) is 2.77. The van der Waals surface area contributed by atoms with Crippen molar-refractivity contribution in [1.29, 1.82) is 0 Å². The molecule has 38 valence electrons. The lowest BCUT2D eigenvalue weighted by molar-refractivity contribution is 0.0000380. The average molecular weight is 113 g/mol. The van der Waals surface area contributed by atoms with Crippen LogP contribution in [0.25, 0.3) is 0 Å². The molecule has 0 saturated carbocycles. The second-order valence-corrected chi connectivity index (χ2v) is 1.04. The SMILES string of the molecule is CC(F)OCCl. The van der Waals surface area contributed by atoms with Gasteiger partial charge in [0.05, 0.1) is 0 Å². The molecule has 0 fully saturated rings. The zero-order valence-corrected chi connectivity index (χ0v) is 4.20. The van der Waals surface area contributed by atoms with Crippen molar-refractivity contribution >= 4 is 11.6 Å². The van der Waals surface area contributed by atoms with E-state index in [0.717, 1.165) is 0 Å². The summed E-state index contributed by atoms with van der Waals surface area (Å²) in [5, 5.41) is 0. The number of hydrogen-bond donors (Lipinski definition) is 0. The number of hydrogen-bond acceptors (Lipinski definition) is 1. The summed E-state index contributed by atoms with van der Waals surface area (Å²) in [5.41, 5.74) is 0. The summed E-state index contributed by atoms with van der Waals surface area (Å²) in [7, 11) is 0. The van der Waals surface area contributed by atoms with E-state index in [4.69, 9.17) is 11.6 Å². The van der Waals surface area contributed by atoms with Gasteiger partial charge in [-0.3, -0.25) is 0 Å². The van der Waals surface area contributed by atoms with Gasteiger partial charge in [-0.1, -0.05) is 11.6 Å². The van der Waals surface area contributed by atoms with Crippen LogP contribution >= 0.6 is 11.6 Å². The molecule has 0 amide bonds. The molecule has 0 spiro atoms. The number of alkyl halides is 2. The van der Waals surface area contributed by atoms with E-state index in [1.165, 1.54) is 6.92 Å². The van der Waals surface area contributed by atoms with Crippen molar-refractivity contribution in [2.45, 2.75) is 13.3 Å². The Hall–Kier alpha value is 0.180. The standard InChI is InChI=1S/C3H6ClFO/c1-3(5)6-2-4/h3H,2H2,1H3. The fraction of sp³-hybridized carbons (Fsp3) is 1.00. The summed E-state index contributed by atoms with van der Waals surface area (Å²) in [6.07, 6.45) is -1.23. The van der Waals surface area contributed by atoms with Crippen LogP contribution in [-0.4, -0.2) is 12.4 Å². The number of rotatable bonds is 2. The van der Waals surface area contributed by atoms with Crippen molar-refractivity contribution in [3.05, 3.63) is 0 Å². The molecule has 1 nitrogen and oxygen atoms in total. The van der Waals surface area contributed by atoms with E-state index in [1.54, 1.807) is 0 Å². The smallest absolute Gasteiger partial charge is 0.197 e. The molecule has 0 aliphatic rings. The van der Waals surface area contributed by atoms with E-state index in [1.807, 2.05) is 0 Å². The minimum absolute atomic E-state index is 0.0718. The van der Waals surface area contributed by atoms with Crippen LogP contribution in [0.15, 0.2) is 0 Å². The van der Waals surface area contributed by atoms with Crippen LogP contribution in [-0.2, 0) is 4.74 Å². The third kappa shape index (κ3) is 4.18. The van der Waals surface area contributed by atoms with E-state index >= 15 is 0 Å². The minimum Gasteiger partial charge on any atom is -0.332 e. The van der Waals surface area contributed by atoms with E-state index in [-0.39, 0.29) is 6.07 Å². The van der Waals surface area contributed by atoms with Gasteiger partial charge in [-0.25, -0.2) is 4.39 Å². The van der Waals surface area contributed by atoms with Crippen LogP contribution in [0.3, 0.4) is 0 Å². The van der Waals surface area contributed by atoms with E-state index in [2.05, 4.69) is 4.74 Å². The molecule has 0 aliphatic carbocycles. The summed E-state index contributed by atoms with van der Waals surface area (Å²) in [6, 6.07) is -0.0718. The molecule has 0 bridgehead atoms. The van der Waals surface area contributed by atoms with Gasteiger partial charge in [-0.05, 0) is 6.92 Å². The van der Waals surface area contributed by atoms with Crippen molar-refractivity contribution in [1.82, 2.24) is 0 Å². The first kappa shape index (κ1) is 6.18. The van der Waals surface area contributed by atoms with Gasteiger partial charge in [0, 0.05) is 0 Å². The van der Waals surface area contributed by atoms with Gasteiger partial charge in [0.25, 0.3) is 0 Å². The highest BCUT2D eigenvalue weighted by atomic mass is 35.5. The Bertz CT molecular complexity index is 32.0. The lowest BCUT2D eigenvalue weighted by Gasteiger charge is -1.94. The summed E-state index contributed by atoms with van der Waals surface area (Å²) >= 11 is 4.93. The number of ether oxygens (including phenoxy) is 1. The monoisotopic (exact) mass is 112 g/mol. The van der Waals surface area contributed by atoms with Crippen LogP contribution in [0.1, 0.15) is 6.92 Å². The predicted molar refractivity (Wildman–Crippen MR) is 22.4 cm³/mol. The Morgan fingerprint density at radius 1 is 2.00 bits per heavy atom. The molecule has 3 heteroatoms. The molecule has 1 unspecified atom stereocenters. The molecule has 0 aliphatic heterocycles. The zero-order chi connectivity index (χ0) is 4.99. The second kappa shape index (κ2) is 3.37. The molecular weight excluding hydrogens is 106 g/mol. The van der Waals surface area contributed by atoms with Crippen molar-refractivity contribution in [2.75, 3.05) is 6.07 Å². The fourth-order valence-electron chi connectivity index (χ4n) is 0.0868. The molecule has 0 rings (SSSR count). The Morgan fingerprint density at radius 2 is 2.50 bits per heavy atom. The topological polar surface area (TPSA) is 9.23 Å². The van der Waals surface area contributed by atoms with E-state index < -0.39 is 6.36 Å². The third-order valence-corrected chi connectivity index (χ3v) is 0.419. The largest absolute Gasteiger partial charge is 0.332 e. The molecule has 0 N–H and O–H groups in total. The van der Waals surface area contributed by atoms with Gasteiger partial charge in [-0.2, -0.15) is 0 Å². The lowest BCUT2D eigenvalue weighted by Crippen LogP contribution is -1.96. The van der Waals surface area contributed by atoms with Gasteiger partial charge >= 0.3 is 0 Å². The quantitative estimate of drug-likeness (QED) is 0.492. The molecule has 0 aromatic carbocycles. The normalized spacial score (nSPS) is 14.5. The van der Waals surface area contributed by atoms with Gasteiger partial charge in [-0.15, -0.1) is 0 Å². The van der Waals surface area contributed by atoms with Crippen LogP contribution in [0.5, 0.6) is 0 Å².